The van der Waals surface area contributed by atoms with Gasteiger partial charge in [0, 0.05) is 23.5 Å². The zero-order chi connectivity index (χ0) is 19.1. The van der Waals surface area contributed by atoms with Crippen LogP contribution in [-0.4, -0.2) is 29.6 Å². The summed E-state index contributed by atoms with van der Waals surface area (Å²) >= 11 is 0. The fourth-order valence-corrected chi connectivity index (χ4v) is 2.39. The first kappa shape index (κ1) is 18.2. The summed E-state index contributed by atoms with van der Waals surface area (Å²) in [5.74, 6) is 1.66. The highest BCUT2D eigenvalue weighted by atomic mass is 16.5. The Hall–Kier alpha value is -3.61. The molecule has 3 rings (SSSR count). The molecule has 0 atom stereocenters. The molecule has 0 saturated carbocycles. The minimum absolute atomic E-state index is 0.254. The molecule has 0 bridgehead atoms. The standard InChI is InChI=1S/C20H20N4O3/c1-3-27-16-9-7-14(8-10-16)24-20(25)18-12-19(22-13-21-18)23-15-5-4-6-17(11-15)26-2/h4-13H,3H2,1-2H3,(H,24,25)(H,21,22,23). The van der Waals surface area contributed by atoms with Crippen LogP contribution in [0.3, 0.4) is 0 Å². The molecule has 138 valence electrons. The predicted molar refractivity (Wildman–Crippen MR) is 104 cm³/mol. The van der Waals surface area contributed by atoms with E-state index in [9.17, 15) is 4.79 Å². The van der Waals surface area contributed by atoms with Crippen LogP contribution in [0.2, 0.25) is 0 Å². The Morgan fingerprint density at radius 3 is 2.56 bits per heavy atom. The summed E-state index contributed by atoms with van der Waals surface area (Å²) in [5.41, 5.74) is 1.71. The number of carbonyl (C=O) groups excluding carboxylic acids is 1. The van der Waals surface area contributed by atoms with Crippen LogP contribution >= 0.6 is 0 Å². The van der Waals surface area contributed by atoms with E-state index in [1.54, 1.807) is 37.4 Å². The molecule has 0 aliphatic carbocycles. The van der Waals surface area contributed by atoms with Gasteiger partial charge in [0.05, 0.1) is 13.7 Å². The summed E-state index contributed by atoms with van der Waals surface area (Å²) in [6.07, 6.45) is 1.34. The lowest BCUT2D eigenvalue weighted by atomic mass is 10.2. The fourth-order valence-electron chi connectivity index (χ4n) is 2.39. The number of benzene rings is 2. The number of nitrogens with one attached hydrogen (secondary N) is 2. The van der Waals surface area contributed by atoms with E-state index in [2.05, 4.69) is 20.6 Å². The van der Waals surface area contributed by atoms with E-state index in [1.807, 2.05) is 31.2 Å². The number of carbonyl (C=O) groups is 1. The van der Waals surface area contributed by atoms with E-state index in [0.29, 0.717) is 18.1 Å². The maximum atomic E-state index is 12.4. The number of aromatic nitrogens is 2. The molecule has 2 N–H and O–H groups in total. The smallest absolute Gasteiger partial charge is 0.274 e. The first-order chi connectivity index (χ1) is 13.2. The molecular weight excluding hydrogens is 344 g/mol. The molecule has 1 heterocycles. The number of amides is 1. The summed E-state index contributed by atoms with van der Waals surface area (Å²) in [6, 6.07) is 16.2. The van der Waals surface area contributed by atoms with Crippen molar-refractivity contribution >= 4 is 23.1 Å². The van der Waals surface area contributed by atoms with E-state index in [-0.39, 0.29) is 11.6 Å². The molecular formula is C20H20N4O3. The number of methoxy groups -OCH3 is 1. The van der Waals surface area contributed by atoms with Crippen molar-refractivity contribution in [2.45, 2.75) is 6.92 Å². The minimum Gasteiger partial charge on any atom is -0.497 e. The van der Waals surface area contributed by atoms with Crippen LogP contribution in [0.25, 0.3) is 0 Å². The van der Waals surface area contributed by atoms with Gasteiger partial charge >= 0.3 is 0 Å². The van der Waals surface area contributed by atoms with Crippen molar-refractivity contribution in [2.24, 2.45) is 0 Å². The van der Waals surface area contributed by atoms with Crippen molar-refractivity contribution in [2.75, 3.05) is 24.4 Å². The average Bonchev–Trinajstić information content (AvgIpc) is 2.70. The molecule has 0 saturated heterocycles. The second-order valence-electron chi connectivity index (χ2n) is 5.56. The van der Waals surface area contributed by atoms with Gasteiger partial charge in [-0.1, -0.05) is 6.07 Å². The van der Waals surface area contributed by atoms with Gasteiger partial charge in [-0.25, -0.2) is 9.97 Å². The second kappa shape index (κ2) is 8.66. The molecule has 0 radical (unpaired) electrons. The second-order valence-corrected chi connectivity index (χ2v) is 5.56. The zero-order valence-corrected chi connectivity index (χ0v) is 15.1. The first-order valence-corrected chi connectivity index (χ1v) is 8.45. The third-order valence-electron chi connectivity index (χ3n) is 3.67. The van der Waals surface area contributed by atoms with E-state index in [0.717, 1.165) is 17.2 Å². The molecule has 0 fully saturated rings. The van der Waals surface area contributed by atoms with Gasteiger partial charge in [-0.05, 0) is 43.3 Å². The van der Waals surface area contributed by atoms with Crippen molar-refractivity contribution in [1.29, 1.82) is 0 Å². The number of anilines is 3. The number of hydrogen-bond acceptors (Lipinski definition) is 6. The maximum Gasteiger partial charge on any atom is 0.274 e. The Morgan fingerprint density at radius 1 is 1.00 bits per heavy atom. The van der Waals surface area contributed by atoms with E-state index >= 15 is 0 Å². The molecule has 0 aliphatic rings. The first-order valence-electron chi connectivity index (χ1n) is 8.45. The van der Waals surface area contributed by atoms with Gasteiger partial charge in [0.25, 0.3) is 5.91 Å². The normalized spacial score (nSPS) is 10.1. The fraction of sp³-hybridized carbons (Fsp3) is 0.150. The van der Waals surface area contributed by atoms with E-state index in [1.165, 1.54) is 6.33 Å². The quantitative estimate of drug-likeness (QED) is 0.662. The number of rotatable bonds is 7. The minimum atomic E-state index is -0.324. The molecule has 3 aromatic rings. The molecule has 1 amide bonds. The summed E-state index contributed by atoms with van der Waals surface area (Å²) in [7, 11) is 1.60. The number of hydrogen-bond donors (Lipinski definition) is 2. The van der Waals surface area contributed by atoms with Gasteiger partial charge in [-0.15, -0.1) is 0 Å². The van der Waals surface area contributed by atoms with Crippen LogP contribution in [-0.2, 0) is 0 Å². The maximum absolute atomic E-state index is 12.4. The Bertz CT molecular complexity index is 913. The van der Waals surface area contributed by atoms with Crippen LogP contribution in [0, 0.1) is 0 Å². The highest BCUT2D eigenvalue weighted by Gasteiger charge is 2.10. The predicted octanol–water partition coefficient (Wildman–Crippen LogP) is 3.88. The van der Waals surface area contributed by atoms with Gasteiger partial charge in [0.15, 0.2) is 0 Å². The van der Waals surface area contributed by atoms with Gasteiger partial charge in [-0.2, -0.15) is 0 Å². The molecule has 1 aromatic heterocycles. The van der Waals surface area contributed by atoms with Crippen molar-refractivity contribution in [3.63, 3.8) is 0 Å². The Kier molecular flexibility index (Phi) is 5.84. The molecule has 7 heteroatoms. The van der Waals surface area contributed by atoms with Gasteiger partial charge in [-0.3, -0.25) is 4.79 Å². The highest BCUT2D eigenvalue weighted by Crippen LogP contribution is 2.21. The van der Waals surface area contributed by atoms with E-state index < -0.39 is 0 Å². The highest BCUT2D eigenvalue weighted by molar-refractivity contribution is 6.03. The number of nitrogens with zero attached hydrogens (tertiary/aromatic N) is 2. The SMILES string of the molecule is CCOc1ccc(NC(=O)c2cc(Nc3cccc(OC)c3)ncn2)cc1. The lowest BCUT2D eigenvalue weighted by molar-refractivity contribution is 0.102. The van der Waals surface area contributed by atoms with Crippen LogP contribution in [0.1, 0.15) is 17.4 Å². The molecule has 27 heavy (non-hydrogen) atoms. The van der Waals surface area contributed by atoms with Gasteiger partial charge < -0.3 is 20.1 Å². The van der Waals surface area contributed by atoms with Crippen molar-refractivity contribution in [1.82, 2.24) is 9.97 Å². The molecule has 2 aromatic carbocycles. The zero-order valence-electron chi connectivity index (χ0n) is 15.1. The van der Waals surface area contributed by atoms with Crippen molar-refractivity contribution in [3.8, 4) is 11.5 Å². The van der Waals surface area contributed by atoms with Gasteiger partial charge in [0.1, 0.15) is 29.3 Å². The van der Waals surface area contributed by atoms with E-state index in [4.69, 9.17) is 9.47 Å². The molecule has 0 spiro atoms. The third kappa shape index (κ3) is 4.94. The summed E-state index contributed by atoms with van der Waals surface area (Å²) in [4.78, 5) is 20.6. The topological polar surface area (TPSA) is 85.4 Å². The molecule has 7 nitrogen and oxygen atoms in total. The van der Waals surface area contributed by atoms with Crippen LogP contribution < -0.4 is 20.1 Å². The Balaban J connectivity index is 1.69. The summed E-state index contributed by atoms with van der Waals surface area (Å²) in [5, 5.41) is 5.94. The third-order valence-corrected chi connectivity index (χ3v) is 3.67. The lowest BCUT2D eigenvalue weighted by Gasteiger charge is -2.09. The largest absolute Gasteiger partial charge is 0.497 e. The van der Waals surface area contributed by atoms with Crippen molar-refractivity contribution < 1.29 is 14.3 Å². The van der Waals surface area contributed by atoms with Crippen molar-refractivity contribution in [3.05, 3.63) is 66.6 Å². The van der Waals surface area contributed by atoms with Crippen LogP contribution in [0.15, 0.2) is 60.9 Å². The molecule has 0 unspecified atom stereocenters. The van der Waals surface area contributed by atoms with Gasteiger partial charge in [0.2, 0.25) is 0 Å². The Morgan fingerprint density at radius 2 is 1.81 bits per heavy atom. The Labute approximate surface area is 157 Å². The van der Waals surface area contributed by atoms with Crippen LogP contribution in [0.4, 0.5) is 17.2 Å². The van der Waals surface area contributed by atoms with Crippen LogP contribution in [0.5, 0.6) is 11.5 Å². The summed E-state index contributed by atoms with van der Waals surface area (Å²) in [6.45, 7) is 2.51. The average molecular weight is 364 g/mol. The lowest BCUT2D eigenvalue weighted by Crippen LogP contribution is -2.14. The summed E-state index contributed by atoms with van der Waals surface area (Å²) < 4.78 is 10.6. The monoisotopic (exact) mass is 364 g/mol. The molecule has 0 aliphatic heterocycles. The number of ether oxygens (including phenoxy) is 2.